The van der Waals surface area contributed by atoms with E-state index in [1.54, 1.807) is 30.3 Å². The van der Waals surface area contributed by atoms with Crippen LogP contribution in [0.5, 0.6) is 0 Å². The van der Waals surface area contributed by atoms with Gasteiger partial charge in [-0.1, -0.05) is 29.8 Å². The van der Waals surface area contributed by atoms with Crippen LogP contribution in [0.15, 0.2) is 46.8 Å². The van der Waals surface area contributed by atoms with E-state index >= 15 is 0 Å². The molecule has 2 rings (SSSR count). The largest absolute Gasteiger partial charge is 0.356 e. The average molecular weight is 393 g/mol. The van der Waals surface area contributed by atoms with E-state index in [1.807, 2.05) is 36.2 Å². The van der Waals surface area contributed by atoms with Crippen molar-refractivity contribution in [3.63, 3.8) is 0 Å². The minimum absolute atomic E-state index is 0.0290. The van der Waals surface area contributed by atoms with Crippen LogP contribution in [0.4, 0.5) is 0 Å². The molecule has 2 aromatic rings. The molecule has 7 heteroatoms. The van der Waals surface area contributed by atoms with E-state index in [0.717, 1.165) is 18.5 Å². The molecule has 0 aliphatic rings. The summed E-state index contributed by atoms with van der Waals surface area (Å²) in [6.45, 7) is 1.53. The summed E-state index contributed by atoms with van der Waals surface area (Å²) in [6.07, 6.45) is 0.920. The van der Waals surface area contributed by atoms with Crippen molar-refractivity contribution in [3.8, 4) is 0 Å². The summed E-state index contributed by atoms with van der Waals surface area (Å²) in [7, 11) is 5.42. The topological polar surface area (TPSA) is 47.9 Å². The second-order valence-electron chi connectivity index (χ2n) is 6.17. The highest BCUT2D eigenvalue weighted by Gasteiger charge is 2.10. The van der Waals surface area contributed by atoms with Gasteiger partial charge in [0.25, 0.3) is 0 Å². The van der Waals surface area contributed by atoms with Gasteiger partial charge in [0.05, 0.1) is 0 Å². The number of benzene rings is 1. The fourth-order valence-electron chi connectivity index (χ4n) is 2.33. The Hall–Kier alpha value is -2.05. The quantitative estimate of drug-likeness (QED) is 0.581. The Bertz CT molecular complexity index is 731. The van der Waals surface area contributed by atoms with E-state index < -0.39 is 0 Å². The number of carbonyl (C=O) groups excluding carboxylic acids is 1. The van der Waals surface area contributed by atoms with Crippen LogP contribution in [0.2, 0.25) is 5.02 Å². The fourth-order valence-corrected chi connectivity index (χ4v) is 3.25. The van der Waals surface area contributed by atoms with Crippen molar-refractivity contribution in [3.05, 3.63) is 57.2 Å². The molecular weight excluding hydrogens is 368 g/mol. The summed E-state index contributed by atoms with van der Waals surface area (Å²) in [4.78, 5) is 21.2. The van der Waals surface area contributed by atoms with Gasteiger partial charge in [0.15, 0.2) is 5.96 Å². The lowest BCUT2D eigenvalue weighted by Crippen LogP contribution is -2.40. The van der Waals surface area contributed by atoms with Gasteiger partial charge in [-0.25, -0.2) is 4.99 Å². The second kappa shape index (κ2) is 10.2. The highest BCUT2D eigenvalue weighted by atomic mass is 35.5. The molecule has 0 bridgehead atoms. The minimum atomic E-state index is -0.0290. The van der Waals surface area contributed by atoms with Crippen LogP contribution in [-0.4, -0.2) is 55.9 Å². The molecular formula is C19H25ClN4OS. The summed E-state index contributed by atoms with van der Waals surface area (Å²) >= 11 is 7.81. The van der Waals surface area contributed by atoms with Gasteiger partial charge >= 0.3 is 0 Å². The van der Waals surface area contributed by atoms with Gasteiger partial charge < -0.3 is 15.1 Å². The Morgan fingerprint density at radius 2 is 2.04 bits per heavy atom. The molecule has 0 spiro atoms. The lowest BCUT2D eigenvalue weighted by molar-refractivity contribution is -0.127. The zero-order valence-corrected chi connectivity index (χ0v) is 17.0. The Balaban J connectivity index is 2.02. The monoisotopic (exact) mass is 392 g/mol. The highest BCUT2D eigenvalue weighted by Crippen LogP contribution is 2.12. The number of carbonyl (C=O) groups is 1. The number of halogens is 1. The third kappa shape index (κ3) is 6.69. The lowest BCUT2D eigenvalue weighted by Gasteiger charge is -2.23. The molecule has 26 heavy (non-hydrogen) atoms. The first kappa shape index (κ1) is 20.3. The van der Waals surface area contributed by atoms with Crippen molar-refractivity contribution in [1.29, 1.82) is 0 Å². The lowest BCUT2D eigenvalue weighted by atomic mass is 10.2. The molecule has 0 saturated heterocycles. The van der Waals surface area contributed by atoms with Crippen molar-refractivity contribution in [1.82, 2.24) is 15.1 Å². The van der Waals surface area contributed by atoms with Crippen LogP contribution >= 0.6 is 22.9 Å². The summed E-state index contributed by atoms with van der Waals surface area (Å²) in [5, 5.41) is 6.15. The molecule has 1 amide bonds. The molecule has 0 unspecified atom stereocenters. The van der Waals surface area contributed by atoms with Gasteiger partial charge in [0.2, 0.25) is 5.91 Å². The van der Waals surface area contributed by atoms with Crippen molar-refractivity contribution >= 4 is 34.8 Å². The van der Waals surface area contributed by atoms with E-state index in [9.17, 15) is 4.79 Å². The van der Waals surface area contributed by atoms with Crippen molar-refractivity contribution in [2.75, 3.05) is 34.2 Å². The van der Waals surface area contributed by atoms with E-state index in [-0.39, 0.29) is 12.5 Å². The maximum absolute atomic E-state index is 11.9. The van der Waals surface area contributed by atoms with Crippen LogP contribution in [-0.2, 0) is 17.8 Å². The van der Waals surface area contributed by atoms with Crippen molar-refractivity contribution in [2.24, 2.45) is 4.99 Å². The molecule has 0 fully saturated rings. The number of rotatable bonds is 7. The van der Waals surface area contributed by atoms with Crippen LogP contribution in [0, 0.1) is 0 Å². The van der Waals surface area contributed by atoms with Crippen LogP contribution in [0.3, 0.4) is 0 Å². The fraction of sp³-hybridized carbons (Fsp3) is 0.368. The Kier molecular flexibility index (Phi) is 7.94. The summed E-state index contributed by atoms with van der Waals surface area (Å²) in [5.41, 5.74) is 1.09. The molecule has 1 aromatic heterocycles. The number of thiophene rings is 1. The van der Waals surface area contributed by atoms with Crippen molar-refractivity contribution < 1.29 is 4.79 Å². The molecule has 0 atom stereocenters. The molecule has 0 aliphatic carbocycles. The van der Waals surface area contributed by atoms with Gasteiger partial charge in [0, 0.05) is 44.1 Å². The molecule has 1 aromatic carbocycles. The maximum atomic E-state index is 11.9. The van der Waals surface area contributed by atoms with Gasteiger partial charge in [-0.2, -0.15) is 0 Å². The Morgan fingerprint density at radius 1 is 1.23 bits per heavy atom. The zero-order valence-electron chi connectivity index (χ0n) is 15.4. The summed E-state index contributed by atoms with van der Waals surface area (Å²) in [5.74, 6) is 0.676. The molecule has 1 heterocycles. The number of guanidine groups is 1. The van der Waals surface area contributed by atoms with Gasteiger partial charge in [-0.15, -0.1) is 11.3 Å². The van der Waals surface area contributed by atoms with Gasteiger partial charge in [-0.3, -0.25) is 4.79 Å². The normalized spacial score (nSPS) is 11.3. The first-order valence-electron chi connectivity index (χ1n) is 8.42. The SMILES string of the molecule is CN(C)C(=O)CN=C(NCCc1cccs1)N(C)Cc1cccc(Cl)c1. The third-order valence-electron chi connectivity index (χ3n) is 3.77. The van der Waals surface area contributed by atoms with E-state index in [1.165, 1.54) is 4.88 Å². The van der Waals surface area contributed by atoms with Crippen LogP contribution < -0.4 is 5.32 Å². The Labute approximate surface area is 164 Å². The second-order valence-corrected chi connectivity index (χ2v) is 7.64. The predicted octanol–water partition coefficient (Wildman–Crippen LogP) is 3.11. The summed E-state index contributed by atoms with van der Waals surface area (Å²) < 4.78 is 0. The van der Waals surface area contributed by atoms with E-state index in [0.29, 0.717) is 17.5 Å². The molecule has 0 saturated carbocycles. The predicted molar refractivity (Wildman–Crippen MR) is 110 cm³/mol. The average Bonchev–Trinajstić information content (AvgIpc) is 3.10. The number of aliphatic imine (C=N–C) groups is 1. The Morgan fingerprint density at radius 3 is 2.69 bits per heavy atom. The number of hydrogen-bond acceptors (Lipinski definition) is 3. The molecule has 5 nitrogen and oxygen atoms in total. The molecule has 140 valence electrons. The third-order valence-corrected chi connectivity index (χ3v) is 4.94. The molecule has 0 aliphatic heterocycles. The van der Waals surface area contributed by atoms with Crippen molar-refractivity contribution in [2.45, 2.75) is 13.0 Å². The van der Waals surface area contributed by atoms with Gasteiger partial charge in [-0.05, 0) is 35.6 Å². The highest BCUT2D eigenvalue weighted by molar-refractivity contribution is 7.09. The number of nitrogens with zero attached hydrogens (tertiary/aromatic N) is 3. The number of nitrogens with one attached hydrogen (secondary N) is 1. The van der Waals surface area contributed by atoms with Crippen LogP contribution in [0.1, 0.15) is 10.4 Å². The minimum Gasteiger partial charge on any atom is -0.356 e. The van der Waals surface area contributed by atoms with Crippen LogP contribution in [0.25, 0.3) is 0 Å². The molecule has 0 radical (unpaired) electrons. The van der Waals surface area contributed by atoms with E-state index in [2.05, 4.69) is 27.8 Å². The maximum Gasteiger partial charge on any atom is 0.243 e. The smallest absolute Gasteiger partial charge is 0.243 e. The summed E-state index contributed by atoms with van der Waals surface area (Å²) in [6, 6.07) is 11.9. The first-order valence-corrected chi connectivity index (χ1v) is 9.68. The zero-order chi connectivity index (χ0) is 18.9. The number of hydrogen-bond donors (Lipinski definition) is 1. The number of likely N-dealkylation sites (N-methyl/N-ethyl adjacent to an activating group) is 1. The number of amides is 1. The standard InChI is InChI=1S/C19H25ClN4OS/c1-23(2)18(25)13-22-19(21-10-9-17-8-5-11-26-17)24(3)14-15-6-4-7-16(20)12-15/h4-8,11-12H,9-10,13-14H2,1-3H3,(H,21,22). The molecule has 1 N–H and O–H groups in total. The van der Waals surface area contributed by atoms with Gasteiger partial charge in [0.1, 0.15) is 6.54 Å². The van der Waals surface area contributed by atoms with E-state index in [4.69, 9.17) is 11.6 Å². The first-order chi connectivity index (χ1) is 12.5.